The van der Waals surface area contributed by atoms with Crippen LogP contribution in [-0.2, 0) is 16.1 Å². The summed E-state index contributed by atoms with van der Waals surface area (Å²) in [6.45, 7) is 0.161. The average molecular weight is 304 g/mol. The first-order valence-corrected chi connectivity index (χ1v) is 6.95. The monoisotopic (exact) mass is 304 g/mol. The Bertz CT molecular complexity index is 634. The Morgan fingerprint density at radius 1 is 1.36 bits per heavy atom. The molecule has 2 aliphatic rings. The fourth-order valence-corrected chi connectivity index (χ4v) is 2.97. The molecule has 2 N–H and O–H groups in total. The molecule has 2 fully saturated rings. The molecular formula is C15H16N2O5. The van der Waals surface area contributed by atoms with Gasteiger partial charge in [-0.25, -0.2) is 4.79 Å². The van der Waals surface area contributed by atoms with Gasteiger partial charge in [0.1, 0.15) is 11.3 Å². The second kappa shape index (κ2) is 5.01. The van der Waals surface area contributed by atoms with E-state index in [9.17, 15) is 14.4 Å². The molecular weight excluding hydrogens is 288 g/mol. The molecule has 0 atom stereocenters. The van der Waals surface area contributed by atoms with Crippen molar-refractivity contribution in [1.29, 1.82) is 0 Å². The Kier molecular flexibility index (Phi) is 3.27. The molecule has 1 heterocycles. The maximum absolute atomic E-state index is 12.4. The van der Waals surface area contributed by atoms with Crippen LogP contribution in [0.2, 0.25) is 0 Å². The number of aliphatic carboxylic acids is 1. The number of methoxy groups -OCH3 is 1. The van der Waals surface area contributed by atoms with E-state index in [-0.39, 0.29) is 25.3 Å². The standard InChI is InChI=1S/C15H16N2O5/c1-22-11-4-2-9(3-5-11)8-17-13(20)15(16-14(17)21)6-10(7-15)12(18)19/h2-5,10H,6-8H2,1H3,(H,16,21)(H,18,19). The third-order valence-corrected chi connectivity index (χ3v) is 4.28. The van der Waals surface area contributed by atoms with Crippen molar-refractivity contribution in [3.63, 3.8) is 0 Å². The van der Waals surface area contributed by atoms with E-state index >= 15 is 0 Å². The first-order chi connectivity index (χ1) is 10.4. The number of carbonyl (C=O) groups is 3. The number of carbonyl (C=O) groups excluding carboxylic acids is 2. The summed E-state index contributed by atoms with van der Waals surface area (Å²) in [5.74, 6) is -1.14. The number of imide groups is 1. The van der Waals surface area contributed by atoms with E-state index < -0.39 is 23.5 Å². The summed E-state index contributed by atoms with van der Waals surface area (Å²) in [7, 11) is 1.56. The fourth-order valence-electron chi connectivity index (χ4n) is 2.97. The van der Waals surface area contributed by atoms with Crippen molar-refractivity contribution in [2.24, 2.45) is 5.92 Å². The minimum absolute atomic E-state index is 0.159. The van der Waals surface area contributed by atoms with Crippen LogP contribution in [0, 0.1) is 5.92 Å². The number of urea groups is 1. The molecule has 0 unspecified atom stereocenters. The topological polar surface area (TPSA) is 95.9 Å². The molecule has 7 heteroatoms. The minimum atomic E-state index is -1.02. The highest BCUT2D eigenvalue weighted by atomic mass is 16.5. The van der Waals surface area contributed by atoms with E-state index in [2.05, 4.69) is 5.32 Å². The molecule has 1 aromatic carbocycles. The maximum Gasteiger partial charge on any atom is 0.325 e. The zero-order valence-corrected chi connectivity index (χ0v) is 12.0. The van der Waals surface area contributed by atoms with Crippen LogP contribution in [0.15, 0.2) is 24.3 Å². The van der Waals surface area contributed by atoms with Gasteiger partial charge in [-0.05, 0) is 30.5 Å². The van der Waals surface area contributed by atoms with Gasteiger partial charge in [0, 0.05) is 0 Å². The molecule has 1 saturated heterocycles. The Morgan fingerprint density at radius 3 is 2.55 bits per heavy atom. The number of amides is 3. The van der Waals surface area contributed by atoms with Gasteiger partial charge in [-0.2, -0.15) is 0 Å². The zero-order chi connectivity index (χ0) is 15.9. The van der Waals surface area contributed by atoms with E-state index in [0.717, 1.165) is 10.5 Å². The molecule has 3 amide bonds. The van der Waals surface area contributed by atoms with Gasteiger partial charge in [-0.3, -0.25) is 14.5 Å². The molecule has 116 valence electrons. The van der Waals surface area contributed by atoms with Crippen molar-refractivity contribution in [3.05, 3.63) is 29.8 Å². The highest BCUT2D eigenvalue weighted by Gasteiger charge is 2.60. The molecule has 1 aromatic rings. The van der Waals surface area contributed by atoms with Crippen molar-refractivity contribution in [3.8, 4) is 5.75 Å². The number of hydrogen-bond acceptors (Lipinski definition) is 4. The van der Waals surface area contributed by atoms with Crippen LogP contribution < -0.4 is 10.1 Å². The summed E-state index contributed by atoms with van der Waals surface area (Å²) in [5, 5.41) is 11.6. The van der Waals surface area contributed by atoms with E-state index in [0.29, 0.717) is 5.75 Å². The lowest BCUT2D eigenvalue weighted by Gasteiger charge is -2.40. The fraction of sp³-hybridized carbons (Fsp3) is 0.400. The van der Waals surface area contributed by atoms with Gasteiger partial charge in [0.15, 0.2) is 0 Å². The lowest BCUT2D eigenvalue weighted by Crippen LogP contribution is -2.58. The Labute approximate surface area is 126 Å². The molecule has 0 aromatic heterocycles. The van der Waals surface area contributed by atoms with Crippen molar-refractivity contribution in [1.82, 2.24) is 10.2 Å². The summed E-state index contributed by atoms with van der Waals surface area (Å²) >= 11 is 0. The molecule has 0 bridgehead atoms. The van der Waals surface area contributed by atoms with Crippen LogP contribution in [0.1, 0.15) is 18.4 Å². The van der Waals surface area contributed by atoms with E-state index in [1.54, 1.807) is 31.4 Å². The lowest BCUT2D eigenvalue weighted by atomic mass is 9.68. The molecule has 0 radical (unpaired) electrons. The second-order valence-electron chi connectivity index (χ2n) is 5.70. The van der Waals surface area contributed by atoms with Gasteiger partial charge >= 0.3 is 12.0 Å². The summed E-state index contributed by atoms with van der Waals surface area (Å²) in [4.78, 5) is 36.5. The van der Waals surface area contributed by atoms with Crippen LogP contribution in [0.25, 0.3) is 0 Å². The predicted molar refractivity (Wildman–Crippen MR) is 75.2 cm³/mol. The number of ether oxygens (including phenoxy) is 1. The van der Waals surface area contributed by atoms with Gasteiger partial charge in [0.25, 0.3) is 5.91 Å². The smallest absolute Gasteiger partial charge is 0.325 e. The molecule has 7 nitrogen and oxygen atoms in total. The summed E-state index contributed by atoms with van der Waals surface area (Å²) in [5.41, 5.74) is -0.220. The SMILES string of the molecule is COc1ccc(CN2C(=O)NC3(CC(C(=O)O)C3)C2=O)cc1. The number of nitrogens with zero attached hydrogens (tertiary/aromatic N) is 1. The quantitative estimate of drug-likeness (QED) is 0.808. The van der Waals surface area contributed by atoms with Crippen LogP contribution in [0.3, 0.4) is 0 Å². The predicted octanol–water partition coefficient (Wildman–Crippen LogP) is 0.980. The molecule has 3 rings (SSSR count). The van der Waals surface area contributed by atoms with Crippen LogP contribution in [-0.4, -0.2) is 40.6 Å². The number of rotatable bonds is 4. The van der Waals surface area contributed by atoms with E-state index in [1.807, 2.05) is 0 Å². The largest absolute Gasteiger partial charge is 0.497 e. The average Bonchev–Trinajstić information content (AvgIpc) is 2.71. The molecule has 22 heavy (non-hydrogen) atoms. The van der Waals surface area contributed by atoms with Gasteiger partial charge in [0.05, 0.1) is 19.6 Å². The minimum Gasteiger partial charge on any atom is -0.497 e. The lowest BCUT2D eigenvalue weighted by molar-refractivity contribution is -0.151. The number of nitrogens with one attached hydrogen (secondary N) is 1. The Balaban J connectivity index is 1.71. The first kappa shape index (κ1) is 14.4. The van der Waals surface area contributed by atoms with E-state index in [1.165, 1.54) is 0 Å². The van der Waals surface area contributed by atoms with Crippen LogP contribution in [0.5, 0.6) is 5.75 Å². The number of carboxylic acid groups (broad SMARTS) is 1. The number of hydrogen-bond donors (Lipinski definition) is 2. The normalized spacial score (nSPS) is 26.8. The highest BCUT2D eigenvalue weighted by molar-refractivity contribution is 6.08. The molecule has 1 saturated carbocycles. The second-order valence-corrected chi connectivity index (χ2v) is 5.70. The van der Waals surface area contributed by atoms with Crippen LogP contribution in [0.4, 0.5) is 4.79 Å². The van der Waals surface area contributed by atoms with E-state index in [4.69, 9.17) is 9.84 Å². The van der Waals surface area contributed by atoms with Gasteiger partial charge < -0.3 is 15.2 Å². The zero-order valence-electron chi connectivity index (χ0n) is 12.0. The number of carboxylic acids is 1. The summed E-state index contributed by atoms with van der Waals surface area (Å²) < 4.78 is 5.06. The Morgan fingerprint density at radius 2 is 2.00 bits per heavy atom. The van der Waals surface area contributed by atoms with Crippen molar-refractivity contribution < 1.29 is 24.2 Å². The van der Waals surface area contributed by atoms with Crippen molar-refractivity contribution in [2.75, 3.05) is 7.11 Å². The Hall–Kier alpha value is -2.57. The third kappa shape index (κ3) is 2.18. The number of benzene rings is 1. The first-order valence-electron chi connectivity index (χ1n) is 6.95. The summed E-state index contributed by atoms with van der Waals surface area (Å²) in [6.07, 6.45) is 0.317. The summed E-state index contributed by atoms with van der Waals surface area (Å²) in [6, 6.07) is 6.61. The van der Waals surface area contributed by atoms with Crippen molar-refractivity contribution >= 4 is 17.9 Å². The van der Waals surface area contributed by atoms with Gasteiger partial charge in [0.2, 0.25) is 0 Å². The van der Waals surface area contributed by atoms with Crippen molar-refractivity contribution in [2.45, 2.75) is 24.9 Å². The maximum atomic E-state index is 12.4. The molecule has 1 spiro atoms. The molecule has 1 aliphatic carbocycles. The van der Waals surface area contributed by atoms with Gasteiger partial charge in [-0.15, -0.1) is 0 Å². The van der Waals surface area contributed by atoms with Crippen LogP contribution >= 0.6 is 0 Å². The van der Waals surface area contributed by atoms with Gasteiger partial charge in [-0.1, -0.05) is 12.1 Å². The highest BCUT2D eigenvalue weighted by Crippen LogP contribution is 2.42. The molecule has 1 aliphatic heterocycles. The third-order valence-electron chi connectivity index (χ3n) is 4.28.